The number of benzene rings is 2. The number of hydrogen-bond acceptors (Lipinski definition) is 4. The molecule has 114 valence electrons. The number of hydrogen-bond donors (Lipinski definition) is 2. The fourth-order valence-electron chi connectivity index (χ4n) is 2.68. The number of fused-ring (bicyclic) bond motifs is 3. The number of aromatic amines is 1. The number of anilines is 2. The molecule has 0 bridgehead atoms. The lowest BCUT2D eigenvalue weighted by Gasteiger charge is -2.05. The minimum atomic E-state index is 0.643. The molecule has 0 saturated heterocycles. The maximum Gasteiger partial charge on any atom is 0.158 e. The van der Waals surface area contributed by atoms with Crippen LogP contribution in [0.4, 0.5) is 11.5 Å². The van der Waals surface area contributed by atoms with Crippen LogP contribution in [0.25, 0.3) is 21.9 Å². The average molecular weight is 304 g/mol. The molecular formula is C18H16N4O. The van der Waals surface area contributed by atoms with E-state index in [1.807, 2.05) is 55.5 Å². The van der Waals surface area contributed by atoms with Gasteiger partial charge in [0.05, 0.1) is 6.61 Å². The zero-order chi connectivity index (χ0) is 15.6. The highest BCUT2D eigenvalue weighted by Crippen LogP contribution is 2.31. The predicted molar refractivity (Wildman–Crippen MR) is 92.3 cm³/mol. The summed E-state index contributed by atoms with van der Waals surface area (Å²) in [4.78, 5) is 12.2. The number of ether oxygens (including phenoxy) is 1. The van der Waals surface area contributed by atoms with E-state index in [1.54, 1.807) is 6.33 Å². The fraction of sp³-hybridized carbons (Fsp3) is 0.111. The largest absolute Gasteiger partial charge is 0.494 e. The van der Waals surface area contributed by atoms with Crippen LogP contribution in [0.2, 0.25) is 0 Å². The Morgan fingerprint density at radius 1 is 1.09 bits per heavy atom. The van der Waals surface area contributed by atoms with Crippen molar-refractivity contribution in [3.63, 3.8) is 0 Å². The lowest BCUT2D eigenvalue weighted by atomic mass is 10.2. The summed E-state index contributed by atoms with van der Waals surface area (Å²) in [5.41, 5.74) is 3.77. The zero-order valence-corrected chi connectivity index (χ0v) is 12.7. The molecule has 2 N–H and O–H groups in total. The first-order chi connectivity index (χ1) is 11.3. The molecule has 0 fully saturated rings. The molecule has 0 amide bonds. The normalized spacial score (nSPS) is 11.0. The second-order valence-electron chi connectivity index (χ2n) is 5.20. The van der Waals surface area contributed by atoms with Crippen LogP contribution < -0.4 is 10.1 Å². The minimum absolute atomic E-state index is 0.643. The van der Waals surface area contributed by atoms with Gasteiger partial charge in [-0.25, -0.2) is 9.97 Å². The molecule has 0 saturated carbocycles. The van der Waals surface area contributed by atoms with E-state index < -0.39 is 0 Å². The van der Waals surface area contributed by atoms with Crippen molar-refractivity contribution < 1.29 is 4.74 Å². The van der Waals surface area contributed by atoms with Gasteiger partial charge in [-0.3, -0.25) is 0 Å². The summed E-state index contributed by atoms with van der Waals surface area (Å²) in [5.74, 6) is 1.60. The summed E-state index contributed by atoms with van der Waals surface area (Å²) < 4.78 is 5.59. The first kappa shape index (κ1) is 13.6. The molecule has 0 spiro atoms. The molecule has 0 aliphatic heterocycles. The molecule has 0 atom stereocenters. The van der Waals surface area contributed by atoms with E-state index in [2.05, 4.69) is 20.3 Å². The van der Waals surface area contributed by atoms with Crippen molar-refractivity contribution in [2.75, 3.05) is 11.9 Å². The fourth-order valence-corrected chi connectivity index (χ4v) is 2.68. The Labute approximate surface area is 133 Å². The van der Waals surface area contributed by atoms with Gasteiger partial charge in [0.25, 0.3) is 0 Å². The van der Waals surface area contributed by atoms with Gasteiger partial charge in [-0.2, -0.15) is 0 Å². The van der Waals surface area contributed by atoms with E-state index in [0.29, 0.717) is 6.61 Å². The smallest absolute Gasteiger partial charge is 0.158 e. The molecule has 4 rings (SSSR count). The van der Waals surface area contributed by atoms with E-state index in [9.17, 15) is 0 Å². The van der Waals surface area contributed by atoms with Gasteiger partial charge in [-0.1, -0.05) is 18.2 Å². The third-order valence-corrected chi connectivity index (χ3v) is 3.70. The van der Waals surface area contributed by atoms with Crippen LogP contribution in [0, 0.1) is 0 Å². The van der Waals surface area contributed by atoms with Crippen molar-refractivity contribution in [3.8, 4) is 5.75 Å². The second kappa shape index (κ2) is 5.61. The van der Waals surface area contributed by atoms with Gasteiger partial charge < -0.3 is 15.0 Å². The molecule has 0 unspecified atom stereocenters. The van der Waals surface area contributed by atoms with Gasteiger partial charge in [0.1, 0.15) is 23.1 Å². The Morgan fingerprint density at radius 3 is 2.78 bits per heavy atom. The van der Waals surface area contributed by atoms with E-state index in [0.717, 1.165) is 39.2 Å². The number of nitrogens with zero attached hydrogens (tertiary/aromatic N) is 2. The number of H-pyrrole nitrogens is 1. The summed E-state index contributed by atoms with van der Waals surface area (Å²) in [6.07, 6.45) is 1.58. The van der Waals surface area contributed by atoms with Crippen LogP contribution in [-0.4, -0.2) is 21.6 Å². The SMILES string of the molecule is CCOc1ccc2[nH]c3c(Nc4ccccc4)ncnc3c2c1. The molecule has 5 heteroatoms. The first-order valence-electron chi connectivity index (χ1n) is 7.56. The Morgan fingerprint density at radius 2 is 1.96 bits per heavy atom. The summed E-state index contributed by atoms with van der Waals surface area (Å²) in [6.45, 7) is 2.62. The summed E-state index contributed by atoms with van der Waals surface area (Å²) >= 11 is 0. The third kappa shape index (κ3) is 2.46. The molecule has 5 nitrogen and oxygen atoms in total. The molecule has 4 aromatic rings. The van der Waals surface area contributed by atoms with E-state index in [-0.39, 0.29) is 0 Å². The highest BCUT2D eigenvalue weighted by molar-refractivity contribution is 6.08. The molecule has 2 heterocycles. The van der Waals surface area contributed by atoms with Gasteiger partial charge in [-0.15, -0.1) is 0 Å². The summed E-state index contributed by atoms with van der Waals surface area (Å²) in [5, 5.41) is 4.37. The monoisotopic (exact) mass is 304 g/mol. The Balaban J connectivity index is 1.85. The third-order valence-electron chi connectivity index (χ3n) is 3.70. The number of para-hydroxylation sites is 1. The number of aromatic nitrogens is 3. The summed E-state index contributed by atoms with van der Waals surface area (Å²) in [6, 6.07) is 15.9. The minimum Gasteiger partial charge on any atom is -0.494 e. The van der Waals surface area contributed by atoms with Gasteiger partial charge in [0, 0.05) is 16.6 Å². The Hall–Kier alpha value is -3.08. The van der Waals surface area contributed by atoms with E-state index >= 15 is 0 Å². The molecule has 0 radical (unpaired) electrons. The highest BCUT2D eigenvalue weighted by atomic mass is 16.5. The molecule has 2 aromatic carbocycles. The van der Waals surface area contributed by atoms with Crippen LogP contribution in [0.5, 0.6) is 5.75 Å². The van der Waals surface area contributed by atoms with Gasteiger partial charge in [0.2, 0.25) is 0 Å². The van der Waals surface area contributed by atoms with Crippen molar-refractivity contribution in [1.29, 1.82) is 0 Å². The van der Waals surface area contributed by atoms with Crippen LogP contribution in [-0.2, 0) is 0 Å². The van der Waals surface area contributed by atoms with Crippen LogP contribution in [0.1, 0.15) is 6.92 Å². The van der Waals surface area contributed by atoms with Gasteiger partial charge in [-0.05, 0) is 37.3 Å². The maximum atomic E-state index is 5.59. The number of rotatable bonds is 4. The molecular weight excluding hydrogens is 288 g/mol. The Kier molecular flexibility index (Phi) is 3.31. The van der Waals surface area contributed by atoms with Crippen LogP contribution in [0.15, 0.2) is 54.9 Å². The van der Waals surface area contributed by atoms with Gasteiger partial charge >= 0.3 is 0 Å². The predicted octanol–water partition coefficient (Wildman–Crippen LogP) is 4.25. The van der Waals surface area contributed by atoms with Crippen molar-refractivity contribution in [2.45, 2.75) is 6.92 Å². The van der Waals surface area contributed by atoms with Crippen molar-refractivity contribution in [3.05, 3.63) is 54.9 Å². The average Bonchev–Trinajstić information content (AvgIpc) is 2.95. The highest BCUT2D eigenvalue weighted by Gasteiger charge is 2.11. The van der Waals surface area contributed by atoms with Crippen molar-refractivity contribution in [1.82, 2.24) is 15.0 Å². The zero-order valence-electron chi connectivity index (χ0n) is 12.7. The molecule has 2 aromatic heterocycles. The molecule has 0 aliphatic rings. The lowest BCUT2D eigenvalue weighted by Crippen LogP contribution is -1.95. The molecule has 0 aliphatic carbocycles. The topological polar surface area (TPSA) is 62.8 Å². The standard InChI is InChI=1S/C18H16N4O/c1-2-23-13-8-9-15-14(10-13)16-17(22-15)18(20-11-19-16)21-12-6-4-3-5-7-12/h3-11,22H,2H2,1H3,(H,19,20,21). The van der Waals surface area contributed by atoms with Gasteiger partial charge in [0.15, 0.2) is 5.82 Å². The maximum absolute atomic E-state index is 5.59. The van der Waals surface area contributed by atoms with Crippen LogP contribution >= 0.6 is 0 Å². The first-order valence-corrected chi connectivity index (χ1v) is 7.56. The van der Waals surface area contributed by atoms with Crippen LogP contribution in [0.3, 0.4) is 0 Å². The number of nitrogens with one attached hydrogen (secondary N) is 2. The summed E-state index contributed by atoms with van der Waals surface area (Å²) in [7, 11) is 0. The van der Waals surface area contributed by atoms with Crippen molar-refractivity contribution in [2.24, 2.45) is 0 Å². The van der Waals surface area contributed by atoms with Crippen molar-refractivity contribution >= 4 is 33.4 Å². The van der Waals surface area contributed by atoms with E-state index in [4.69, 9.17) is 4.74 Å². The van der Waals surface area contributed by atoms with E-state index in [1.165, 1.54) is 0 Å². The second-order valence-corrected chi connectivity index (χ2v) is 5.20. The Bertz CT molecular complexity index is 963. The lowest BCUT2D eigenvalue weighted by molar-refractivity contribution is 0.341. The quantitative estimate of drug-likeness (QED) is 0.591. The molecule has 23 heavy (non-hydrogen) atoms.